The van der Waals surface area contributed by atoms with Gasteiger partial charge < -0.3 is 10.1 Å². The van der Waals surface area contributed by atoms with Crippen LogP contribution in [0.25, 0.3) is 0 Å². The normalized spacial score (nSPS) is 25.3. The summed E-state index contributed by atoms with van der Waals surface area (Å²) in [6.07, 6.45) is 4.37. The third kappa shape index (κ3) is 2.78. The summed E-state index contributed by atoms with van der Waals surface area (Å²) in [5.41, 5.74) is 1.40. The van der Waals surface area contributed by atoms with Crippen LogP contribution in [0.1, 0.15) is 30.9 Å². The summed E-state index contributed by atoms with van der Waals surface area (Å²) in [4.78, 5) is 0. The number of hydrogen-bond donors (Lipinski definition) is 1. The Labute approximate surface area is 107 Å². The molecule has 2 aliphatic heterocycles. The van der Waals surface area contributed by atoms with E-state index >= 15 is 0 Å². The molecule has 92 valence electrons. The molecule has 1 aromatic rings. The van der Waals surface area contributed by atoms with Crippen LogP contribution >= 0.6 is 11.8 Å². The Morgan fingerprint density at radius 2 is 1.94 bits per heavy atom. The summed E-state index contributed by atoms with van der Waals surface area (Å²) < 4.78 is 5.85. The molecule has 17 heavy (non-hydrogen) atoms. The lowest BCUT2D eigenvalue weighted by Gasteiger charge is -2.27. The Kier molecular flexibility index (Phi) is 3.57. The molecule has 1 N–H and O–H groups in total. The van der Waals surface area contributed by atoms with E-state index in [0.29, 0.717) is 12.1 Å². The molecule has 0 bridgehead atoms. The standard InChI is InChI=1S/C14H19NOS/c1-2-8-15-14(3-1)11-4-6-12(7-5-11)16-13-9-17-10-13/h4-7,13-15H,1-3,8-10H2. The van der Waals surface area contributed by atoms with Crippen LogP contribution in [-0.4, -0.2) is 24.2 Å². The largest absolute Gasteiger partial charge is 0.489 e. The van der Waals surface area contributed by atoms with E-state index in [1.807, 2.05) is 11.8 Å². The number of hydrogen-bond acceptors (Lipinski definition) is 3. The first-order chi connectivity index (χ1) is 8.42. The van der Waals surface area contributed by atoms with Gasteiger partial charge in [-0.2, -0.15) is 11.8 Å². The van der Waals surface area contributed by atoms with Crippen LogP contribution < -0.4 is 10.1 Å². The van der Waals surface area contributed by atoms with Crippen molar-refractivity contribution in [2.75, 3.05) is 18.1 Å². The zero-order valence-corrected chi connectivity index (χ0v) is 10.8. The molecule has 3 rings (SSSR count). The van der Waals surface area contributed by atoms with Gasteiger partial charge in [0.05, 0.1) is 0 Å². The third-order valence-corrected chi connectivity index (χ3v) is 4.72. The van der Waals surface area contributed by atoms with E-state index < -0.39 is 0 Å². The molecule has 3 heteroatoms. The van der Waals surface area contributed by atoms with Gasteiger partial charge in [0, 0.05) is 17.5 Å². The molecule has 1 atom stereocenters. The molecule has 0 radical (unpaired) electrons. The minimum absolute atomic E-state index is 0.443. The van der Waals surface area contributed by atoms with E-state index in [-0.39, 0.29) is 0 Å². The van der Waals surface area contributed by atoms with Crippen LogP contribution in [0.15, 0.2) is 24.3 Å². The Hall–Kier alpha value is -0.670. The fourth-order valence-corrected chi connectivity index (χ4v) is 2.95. The Morgan fingerprint density at radius 1 is 1.12 bits per heavy atom. The number of piperidine rings is 1. The van der Waals surface area contributed by atoms with Gasteiger partial charge in [-0.1, -0.05) is 18.6 Å². The van der Waals surface area contributed by atoms with E-state index in [1.165, 1.54) is 24.8 Å². The number of ether oxygens (including phenoxy) is 1. The van der Waals surface area contributed by atoms with Crippen molar-refractivity contribution in [3.8, 4) is 5.75 Å². The van der Waals surface area contributed by atoms with Crippen molar-refractivity contribution >= 4 is 11.8 Å². The first-order valence-corrected chi connectivity index (χ1v) is 7.65. The van der Waals surface area contributed by atoms with Crippen LogP contribution in [0.4, 0.5) is 0 Å². The van der Waals surface area contributed by atoms with Crippen molar-refractivity contribution in [2.24, 2.45) is 0 Å². The summed E-state index contributed by atoms with van der Waals surface area (Å²) in [6, 6.07) is 9.22. The zero-order chi connectivity index (χ0) is 11.5. The summed E-state index contributed by atoms with van der Waals surface area (Å²) in [5.74, 6) is 3.31. The van der Waals surface area contributed by atoms with Crippen LogP contribution in [0.5, 0.6) is 5.75 Å². The van der Waals surface area contributed by atoms with Gasteiger partial charge in [-0.15, -0.1) is 0 Å². The Bertz CT molecular complexity index is 355. The topological polar surface area (TPSA) is 21.3 Å². The SMILES string of the molecule is c1cc(C2CCCCN2)ccc1OC1CSC1. The van der Waals surface area contributed by atoms with Crippen molar-refractivity contribution in [3.05, 3.63) is 29.8 Å². The number of rotatable bonds is 3. The van der Waals surface area contributed by atoms with Gasteiger partial charge >= 0.3 is 0 Å². The van der Waals surface area contributed by atoms with Gasteiger partial charge in [0.25, 0.3) is 0 Å². The van der Waals surface area contributed by atoms with Crippen LogP contribution in [0.3, 0.4) is 0 Å². The van der Waals surface area contributed by atoms with Crippen LogP contribution in [0, 0.1) is 0 Å². The molecule has 0 aliphatic carbocycles. The van der Waals surface area contributed by atoms with E-state index in [9.17, 15) is 0 Å². The molecule has 0 spiro atoms. The fourth-order valence-electron chi connectivity index (χ4n) is 2.39. The fraction of sp³-hybridized carbons (Fsp3) is 0.571. The Morgan fingerprint density at radius 3 is 2.53 bits per heavy atom. The maximum Gasteiger partial charge on any atom is 0.119 e. The summed E-state index contributed by atoms with van der Waals surface area (Å²) >= 11 is 1.96. The second-order valence-corrected chi connectivity index (χ2v) is 5.92. The van der Waals surface area contributed by atoms with Crippen molar-refractivity contribution in [3.63, 3.8) is 0 Å². The van der Waals surface area contributed by atoms with Crippen molar-refractivity contribution in [1.82, 2.24) is 5.32 Å². The highest BCUT2D eigenvalue weighted by Gasteiger charge is 2.20. The molecule has 0 amide bonds. The maximum atomic E-state index is 5.85. The average Bonchev–Trinajstić information content (AvgIpc) is 2.36. The summed E-state index contributed by atoms with van der Waals surface area (Å²) in [6.45, 7) is 1.15. The van der Waals surface area contributed by atoms with Crippen LogP contribution in [-0.2, 0) is 0 Å². The average molecular weight is 249 g/mol. The highest BCUT2D eigenvalue weighted by Crippen LogP contribution is 2.27. The number of thioether (sulfide) groups is 1. The maximum absolute atomic E-state index is 5.85. The molecular formula is C14H19NOS. The predicted molar refractivity (Wildman–Crippen MR) is 72.8 cm³/mol. The third-order valence-electron chi connectivity index (χ3n) is 3.50. The molecule has 2 aliphatic rings. The van der Waals surface area contributed by atoms with Crippen LogP contribution in [0.2, 0.25) is 0 Å². The van der Waals surface area contributed by atoms with Gasteiger partial charge in [-0.25, -0.2) is 0 Å². The quantitative estimate of drug-likeness (QED) is 0.890. The smallest absolute Gasteiger partial charge is 0.119 e. The van der Waals surface area contributed by atoms with Crippen molar-refractivity contribution in [1.29, 1.82) is 0 Å². The van der Waals surface area contributed by atoms with Gasteiger partial charge in [0.15, 0.2) is 0 Å². The van der Waals surface area contributed by atoms with Gasteiger partial charge in [-0.05, 0) is 37.1 Å². The minimum atomic E-state index is 0.443. The monoisotopic (exact) mass is 249 g/mol. The molecule has 2 heterocycles. The van der Waals surface area contributed by atoms with E-state index in [4.69, 9.17) is 4.74 Å². The predicted octanol–water partition coefficient (Wildman–Crippen LogP) is 3.00. The lowest BCUT2D eigenvalue weighted by atomic mass is 9.97. The van der Waals surface area contributed by atoms with E-state index in [1.54, 1.807) is 0 Å². The molecular weight excluding hydrogens is 230 g/mol. The Balaban J connectivity index is 1.62. The second kappa shape index (κ2) is 5.32. The first-order valence-electron chi connectivity index (χ1n) is 6.49. The lowest BCUT2D eigenvalue weighted by molar-refractivity contribution is 0.240. The van der Waals surface area contributed by atoms with Gasteiger partial charge in [0.2, 0.25) is 0 Å². The molecule has 1 unspecified atom stereocenters. The minimum Gasteiger partial charge on any atom is -0.489 e. The molecule has 2 saturated heterocycles. The summed E-state index contributed by atoms with van der Waals surface area (Å²) in [7, 11) is 0. The molecule has 1 aromatic carbocycles. The zero-order valence-electron chi connectivity index (χ0n) is 10.0. The number of benzene rings is 1. The van der Waals surface area contributed by atoms with E-state index in [0.717, 1.165) is 23.8 Å². The van der Waals surface area contributed by atoms with Gasteiger partial charge in [-0.3, -0.25) is 0 Å². The highest BCUT2D eigenvalue weighted by atomic mass is 32.2. The second-order valence-electron chi connectivity index (χ2n) is 4.85. The molecule has 0 aromatic heterocycles. The van der Waals surface area contributed by atoms with E-state index in [2.05, 4.69) is 29.6 Å². The van der Waals surface area contributed by atoms with Crippen molar-refractivity contribution < 1.29 is 4.74 Å². The lowest BCUT2D eigenvalue weighted by Crippen LogP contribution is -2.31. The highest BCUT2D eigenvalue weighted by molar-refractivity contribution is 8.00. The molecule has 0 saturated carbocycles. The molecule has 2 fully saturated rings. The number of nitrogens with one attached hydrogen (secondary N) is 1. The summed E-state index contributed by atoms with van der Waals surface area (Å²) in [5, 5.41) is 3.57. The molecule has 2 nitrogen and oxygen atoms in total. The first kappa shape index (κ1) is 11.4. The van der Waals surface area contributed by atoms with Crippen molar-refractivity contribution in [2.45, 2.75) is 31.4 Å². The van der Waals surface area contributed by atoms with Gasteiger partial charge in [0.1, 0.15) is 11.9 Å².